The van der Waals surface area contributed by atoms with Crippen LogP contribution >= 0.6 is 0 Å². The SMILES string of the molecule is CC(=O)c1ccc(NC(=O)[C@H](C)OC(=O)c2ccc(C(F)(F)F)cc2N)cc1. The lowest BCUT2D eigenvalue weighted by Crippen LogP contribution is -2.30. The Balaban J connectivity index is 2.03. The second-order valence-corrected chi connectivity index (χ2v) is 5.97. The first-order valence-electron chi connectivity index (χ1n) is 8.08. The number of esters is 1. The van der Waals surface area contributed by atoms with Gasteiger partial charge in [-0.15, -0.1) is 0 Å². The lowest BCUT2D eigenvalue weighted by Gasteiger charge is -2.15. The average molecular weight is 394 g/mol. The van der Waals surface area contributed by atoms with Crippen LogP contribution in [0.3, 0.4) is 0 Å². The number of ether oxygens (including phenoxy) is 1. The molecule has 1 amide bonds. The number of rotatable bonds is 5. The Kier molecular flexibility index (Phi) is 6.07. The summed E-state index contributed by atoms with van der Waals surface area (Å²) in [4.78, 5) is 35.5. The maximum Gasteiger partial charge on any atom is 0.416 e. The topological polar surface area (TPSA) is 98.5 Å². The van der Waals surface area contributed by atoms with E-state index in [1.807, 2.05) is 0 Å². The molecule has 28 heavy (non-hydrogen) atoms. The molecular weight excluding hydrogens is 377 g/mol. The molecule has 9 heteroatoms. The summed E-state index contributed by atoms with van der Waals surface area (Å²) in [7, 11) is 0. The van der Waals surface area contributed by atoms with Gasteiger partial charge < -0.3 is 15.8 Å². The Hall–Kier alpha value is -3.36. The number of benzene rings is 2. The van der Waals surface area contributed by atoms with Crippen molar-refractivity contribution in [2.45, 2.75) is 26.1 Å². The highest BCUT2D eigenvalue weighted by atomic mass is 19.4. The van der Waals surface area contributed by atoms with Crippen LogP contribution in [-0.2, 0) is 15.7 Å². The molecule has 0 aliphatic carbocycles. The number of hydrogen-bond donors (Lipinski definition) is 2. The first kappa shape index (κ1) is 20.9. The van der Waals surface area contributed by atoms with Gasteiger partial charge in [0.05, 0.1) is 11.1 Å². The predicted octanol–water partition coefficient (Wildman–Crippen LogP) is 3.67. The molecular formula is C19H17F3N2O4. The van der Waals surface area contributed by atoms with Gasteiger partial charge in [0.25, 0.3) is 5.91 Å². The maximum atomic E-state index is 12.6. The van der Waals surface area contributed by atoms with E-state index in [0.29, 0.717) is 23.4 Å². The van der Waals surface area contributed by atoms with E-state index in [1.54, 1.807) is 0 Å². The van der Waals surface area contributed by atoms with Gasteiger partial charge in [0.15, 0.2) is 11.9 Å². The van der Waals surface area contributed by atoms with E-state index in [0.717, 1.165) is 6.07 Å². The zero-order valence-electron chi connectivity index (χ0n) is 15.0. The minimum atomic E-state index is -4.60. The van der Waals surface area contributed by atoms with Crippen molar-refractivity contribution < 1.29 is 32.3 Å². The van der Waals surface area contributed by atoms with Crippen molar-refractivity contribution in [2.24, 2.45) is 0 Å². The third-order valence-corrected chi connectivity index (χ3v) is 3.81. The third kappa shape index (κ3) is 5.09. The molecule has 0 unspecified atom stereocenters. The van der Waals surface area contributed by atoms with Crippen LogP contribution in [0.2, 0.25) is 0 Å². The predicted molar refractivity (Wildman–Crippen MR) is 95.8 cm³/mol. The quantitative estimate of drug-likeness (QED) is 0.458. The molecule has 0 fully saturated rings. The number of nitrogen functional groups attached to an aromatic ring is 1. The normalized spacial score (nSPS) is 12.2. The minimum absolute atomic E-state index is 0.130. The first-order chi connectivity index (χ1) is 13.0. The zero-order chi connectivity index (χ0) is 21.1. The number of Topliss-reactive ketones (excluding diaryl/α,β-unsaturated/α-hetero) is 1. The lowest BCUT2D eigenvalue weighted by atomic mass is 10.1. The van der Waals surface area contributed by atoms with Gasteiger partial charge in [0, 0.05) is 16.9 Å². The number of hydrogen-bond acceptors (Lipinski definition) is 5. The standard InChI is InChI=1S/C19H17F3N2O4/c1-10(25)12-3-6-14(7-4-12)24-17(26)11(2)28-18(27)15-8-5-13(9-16(15)23)19(20,21)22/h3-9,11H,23H2,1-2H3,(H,24,26)/t11-/m0/s1. The average Bonchev–Trinajstić information content (AvgIpc) is 2.61. The van der Waals surface area contributed by atoms with E-state index in [4.69, 9.17) is 10.5 Å². The number of halogens is 3. The number of amides is 1. The van der Waals surface area contributed by atoms with Gasteiger partial charge >= 0.3 is 12.1 Å². The number of alkyl halides is 3. The van der Waals surface area contributed by atoms with Gasteiger partial charge in [0.2, 0.25) is 0 Å². The third-order valence-electron chi connectivity index (χ3n) is 3.81. The summed E-state index contributed by atoms with van der Waals surface area (Å²) < 4.78 is 42.9. The van der Waals surface area contributed by atoms with Gasteiger partial charge in [-0.25, -0.2) is 4.79 Å². The van der Waals surface area contributed by atoms with Gasteiger partial charge in [-0.3, -0.25) is 9.59 Å². The number of carbonyl (C=O) groups is 3. The second-order valence-electron chi connectivity index (χ2n) is 5.97. The summed E-state index contributed by atoms with van der Waals surface area (Å²) in [5, 5.41) is 2.50. The van der Waals surface area contributed by atoms with Crippen molar-refractivity contribution in [1.82, 2.24) is 0 Å². The molecule has 0 heterocycles. The van der Waals surface area contributed by atoms with E-state index in [9.17, 15) is 27.6 Å². The molecule has 0 aliphatic heterocycles. The van der Waals surface area contributed by atoms with Crippen molar-refractivity contribution in [1.29, 1.82) is 0 Å². The molecule has 0 aromatic heterocycles. The minimum Gasteiger partial charge on any atom is -0.449 e. The zero-order valence-corrected chi connectivity index (χ0v) is 15.0. The summed E-state index contributed by atoms with van der Waals surface area (Å²) in [6.07, 6.45) is -5.83. The Morgan fingerprint density at radius 3 is 2.18 bits per heavy atom. The highest BCUT2D eigenvalue weighted by Crippen LogP contribution is 2.31. The summed E-state index contributed by atoms with van der Waals surface area (Å²) in [5.74, 6) is -1.82. The van der Waals surface area contributed by atoms with Gasteiger partial charge in [-0.1, -0.05) is 0 Å². The molecule has 0 spiro atoms. The van der Waals surface area contributed by atoms with Crippen LogP contribution in [-0.4, -0.2) is 23.8 Å². The van der Waals surface area contributed by atoms with Crippen LogP contribution in [0.25, 0.3) is 0 Å². The Morgan fingerprint density at radius 1 is 1.07 bits per heavy atom. The Morgan fingerprint density at radius 2 is 1.68 bits per heavy atom. The van der Waals surface area contributed by atoms with Crippen LogP contribution < -0.4 is 11.1 Å². The van der Waals surface area contributed by atoms with Crippen molar-refractivity contribution >= 4 is 29.0 Å². The number of nitrogens with one attached hydrogen (secondary N) is 1. The molecule has 0 aliphatic rings. The fraction of sp³-hybridized carbons (Fsp3) is 0.211. The summed E-state index contributed by atoms with van der Waals surface area (Å²) in [6, 6.07) is 8.29. The molecule has 3 N–H and O–H groups in total. The number of nitrogens with two attached hydrogens (primary N) is 1. The largest absolute Gasteiger partial charge is 0.449 e. The van der Waals surface area contributed by atoms with E-state index in [2.05, 4.69) is 5.32 Å². The van der Waals surface area contributed by atoms with Gasteiger partial charge in [-0.05, 0) is 56.3 Å². The summed E-state index contributed by atoms with van der Waals surface area (Å²) in [6.45, 7) is 2.71. The molecule has 2 rings (SSSR count). The fourth-order valence-electron chi connectivity index (χ4n) is 2.23. The van der Waals surface area contributed by atoms with Crippen LogP contribution in [0.5, 0.6) is 0 Å². The summed E-state index contributed by atoms with van der Waals surface area (Å²) >= 11 is 0. The summed E-state index contributed by atoms with van der Waals surface area (Å²) in [5.41, 5.74) is 4.67. The maximum absolute atomic E-state index is 12.6. The van der Waals surface area contributed by atoms with Gasteiger partial charge in [-0.2, -0.15) is 13.2 Å². The van der Waals surface area contributed by atoms with Crippen LogP contribution in [0, 0.1) is 0 Å². The van der Waals surface area contributed by atoms with Crippen molar-refractivity contribution in [3.8, 4) is 0 Å². The molecule has 2 aromatic carbocycles. The van der Waals surface area contributed by atoms with Crippen LogP contribution in [0.15, 0.2) is 42.5 Å². The van der Waals surface area contributed by atoms with Crippen molar-refractivity contribution in [2.75, 3.05) is 11.1 Å². The molecule has 0 saturated carbocycles. The van der Waals surface area contributed by atoms with Crippen LogP contribution in [0.4, 0.5) is 24.5 Å². The Labute approximate surface area is 158 Å². The molecule has 148 valence electrons. The second kappa shape index (κ2) is 8.12. The molecule has 2 aromatic rings. The molecule has 6 nitrogen and oxygen atoms in total. The monoisotopic (exact) mass is 394 g/mol. The fourth-order valence-corrected chi connectivity index (χ4v) is 2.23. The highest BCUT2D eigenvalue weighted by molar-refractivity contribution is 6.00. The van der Waals surface area contributed by atoms with E-state index < -0.39 is 35.4 Å². The molecule has 0 saturated heterocycles. The smallest absolute Gasteiger partial charge is 0.416 e. The molecule has 1 atom stereocenters. The number of ketones is 1. The Bertz CT molecular complexity index is 908. The molecule has 0 radical (unpaired) electrons. The van der Waals surface area contributed by atoms with Crippen molar-refractivity contribution in [3.63, 3.8) is 0 Å². The van der Waals surface area contributed by atoms with Gasteiger partial charge in [0.1, 0.15) is 0 Å². The van der Waals surface area contributed by atoms with Crippen molar-refractivity contribution in [3.05, 3.63) is 59.2 Å². The highest BCUT2D eigenvalue weighted by Gasteiger charge is 2.31. The van der Waals surface area contributed by atoms with Crippen LogP contribution in [0.1, 0.15) is 40.1 Å². The van der Waals surface area contributed by atoms with E-state index >= 15 is 0 Å². The number of carbonyl (C=O) groups excluding carboxylic acids is 3. The first-order valence-corrected chi connectivity index (χ1v) is 8.08. The molecule has 0 bridgehead atoms. The van der Waals surface area contributed by atoms with E-state index in [1.165, 1.54) is 38.1 Å². The number of anilines is 2. The lowest BCUT2D eigenvalue weighted by molar-refractivity contribution is -0.137. The van der Waals surface area contributed by atoms with E-state index in [-0.39, 0.29) is 11.3 Å².